The van der Waals surface area contributed by atoms with Crippen LogP contribution in [0.15, 0.2) is 18.2 Å². The van der Waals surface area contributed by atoms with Crippen LogP contribution in [0.5, 0.6) is 5.75 Å². The number of hydrogen-bond acceptors (Lipinski definition) is 5. The summed E-state index contributed by atoms with van der Waals surface area (Å²) in [5.41, 5.74) is -0.949. The third kappa shape index (κ3) is 3.17. The number of methoxy groups -OCH3 is 1. The fraction of sp³-hybridized carbons (Fsp3) is 0.364. The molecule has 1 aromatic rings. The highest BCUT2D eigenvalue weighted by Crippen LogP contribution is 2.28. The first-order chi connectivity index (χ1) is 8.47. The average Bonchev–Trinajstić information content (AvgIpc) is 2.28. The molecule has 0 aliphatic carbocycles. The minimum Gasteiger partial charge on any atom is -0.487 e. The molecule has 0 saturated carbocycles. The molecule has 0 radical (unpaired) electrons. The van der Waals surface area contributed by atoms with Gasteiger partial charge >= 0.3 is 5.97 Å². The van der Waals surface area contributed by atoms with Gasteiger partial charge in [0.05, 0.1) is 11.5 Å². The van der Waals surface area contributed by atoms with Crippen molar-refractivity contribution in [1.82, 2.24) is 0 Å². The van der Waals surface area contributed by atoms with Gasteiger partial charge in [-0.15, -0.1) is 0 Å². The Morgan fingerprint density at radius 3 is 2.72 bits per heavy atom. The van der Waals surface area contributed by atoms with Crippen molar-refractivity contribution >= 4 is 11.7 Å². The monoisotopic (exact) mass is 255 g/mol. The molecule has 98 valence electrons. The summed E-state index contributed by atoms with van der Waals surface area (Å²) in [5, 5.41) is 19.8. The molecule has 7 nitrogen and oxygen atoms in total. The Kier molecular flexibility index (Phi) is 4.61. The lowest BCUT2D eigenvalue weighted by atomic mass is 10.1. The molecule has 0 saturated heterocycles. The third-order valence-corrected chi connectivity index (χ3v) is 2.14. The van der Waals surface area contributed by atoms with Crippen LogP contribution in [0.3, 0.4) is 0 Å². The summed E-state index contributed by atoms with van der Waals surface area (Å²) in [7, 11) is 1.48. The molecule has 1 atom stereocenters. The lowest BCUT2D eigenvalue weighted by molar-refractivity contribution is -0.385. The summed E-state index contributed by atoms with van der Waals surface area (Å²) in [6.07, 6.45) is -0.407. The van der Waals surface area contributed by atoms with E-state index in [2.05, 4.69) is 0 Å². The number of ether oxygens (including phenoxy) is 2. The van der Waals surface area contributed by atoms with Crippen molar-refractivity contribution < 1.29 is 24.3 Å². The Morgan fingerprint density at radius 1 is 1.56 bits per heavy atom. The highest BCUT2D eigenvalue weighted by Gasteiger charge is 2.25. The molecule has 7 heteroatoms. The number of rotatable bonds is 6. The van der Waals surface area contributed by atoms with Crippen LogP contribution in [0.25, 0.3) is 0 Å². The summed E-state index contributed by atoms with van der Waals surface area (Å²) < 4.78 is 10.2. The lowest BCUT2D eigenvalue weighted by Gasteiger charge is -2.15. The Balaban J connectivity index is 3.15. The van der Waals surface area contributed by atoms with Gasteiger partial charge in [0, 0.05) is 13.2 Å². The third-order valence-electron chi connectivity index (χ3n) is 2.14. The molecule has 18 heavy (non-hydrogen) atoms. The molecule has 0 amide bonds. The molecule has 0 bridgehead atoms. The number of nitro benzene ring substituents is 1. The SMILES string of the molecule is COCC(C)Oc1cccc([N+](=O)[O-])c1C(=O)O. The van der Waals surface area contributed by atoms with Gasteiger partial charge in [0.15, 0.2) is 5.56 Å². The smallest absolute Gasteiger partial charge is 0.346 e. The summed E-state index contributed by atoms with van der Waals surface area (Å²) in [6.45, 7) is 1.93. The summed E-state index contributed by atoms with van der Waals surface area (Å²) in [4.78, 5) is 21.1. The van der Waals surface area contributed by atoms with E-state index in [4.69, 9.17) is 14.6 Å². The molecule has 0 heterocycles. The van der Waals surface area contributed by atoms with E-state index in [1.165, 1.54) is 19.2 Å². The average molecular weight is 255 g/mol. The maximum absolute atomic E-state index is 11.1. The minimum atomic E-state index is -1.40. The second-order valence-corrected chi connectivity index (χ2v) is 3.60. The Labute approximate surface area is 103 Å². The number of aromatic carboxylic acids is 1. The Hall–Kier alpha value is -2.15. The van der Waals surface area contributed by atoms with E-state index in [1.807, 2.05) is 0 Å². The molecule has 0 fully saturated rings. The van der Waals surface area contributed by atoms with Crippen LogP contribution >= 0.6 is 0 Å². The Bertz CT molecular complexity index is 459. The Morgan fingerprint density at radius 2 is 2.22 bits per heavy atom. The zero-order valence-corrected chi connectivity index (χ0v) is 9.95. The van der Waals surface area contributed by atoms with Gasteiger partial charge in [-0.1, -0.05) is 6.07 Å². The standard InChI is InChI=1S/C11H13NO6/c1-7(6-17-2)18-9-5-3-4-8(12(15)16)10(9)11(13)14/h3-5,7H,6H2,1-2H3,(H,13,14). The maximum Gasteiger partial charge on any atom is 0.346 e. The first-order valence-electron chi connectivity index (χ1n) is 5.13. The van der Waals surface area contributed by atoms with Crippen LogP contribution < -0.4 is 4.74 Å². The van der Waals surface area contributed by atoms with Crippen molar-refractivity contribution in [3.8, 4) is 5.75 Å². The van der Waals surface area contributed by atoms with E-state index in [9.17, 15) is 14.9 Å². The normalized spacial score (nSPS) is 11.9. The van der Waals surface area contributed by atoms with Crippen LogP contribution in [-0.4, -0.2) is 35.8 Å². The molecule has 1 unspecified atom stereocenters. The van der Waals surface area contributed by atoms with Gasteiger partial charge in [0.1, 0.15) is 11.9 Å². The van der Waals surface area contributed by atoms with Crippen LogP contribution in [0.4, 0.5) is 5.69 Å². The van der Waals surface area contributed by atoms with Crippen molar-refractivity contribution in [2.45, 2.75) is 13.0 Å². The molecule has 1 rings (SSSR count). The zero-order chi connectivity index (χ0) is 13.7. The largest absolute Gasteiger partial charge is 0.487 e. The molecule has 0 aliphatic rings. The first-order valence-corrected chi connectivity index (χ1v) is 5.13. The van der Waals surface area contributed by atoms with E-state index in [1.54, 1.807) is 6.92 Å². The van der Waals surface area contributed by atoms with Gasteiger partial charge < -0.3 is 14.6 Å². The predicted molar refractivity (Wildman–Crippen MR) is 62.0 cm³/mol. The molecule has 1 N–H and O–H groups in total. The van der Waals surface area contributed by atoms with Crippen molar-refractivity contribution in [2.24, 2.45) is 0 Å². The lowest BCUT2D eigenvalue weighted by Crippen LogP contribution is -2.19. The summed E-state index contributed by atoms with van der Waals surface area (Å²) in [6, 6.07) is 3.87. The number of carboxylic acids is 1. The van der Waals surface area contributed by atoms with Crippen molar-refractivity contribution in [3.63, 3.8) is 0 Å². The summed E-state index contributed by atoms with van der Waals surface area (Å²) in [5.74, 6) is -1.44. The second kappa shape index (κ2) is 5.97. The quantitative estimate of drug-likeness (QED) is 0.613. The molecule has 1 aromatic carbocycles. The summed E-state index contributed by atoms with van der Waals surface area (Å²) >= 11 is 0. The number of hydrogen-bond donors (Lipinski definition) is 1. The van der Waals surface area contributed by atoms with Crippen LogP contribution in [0.1, 0.15) is 17.3 Å². The topological polar surface area (TPSA) is 98.9 Å². The molecular weight excluding hydrogens is 242 g/mol. The fourth-order valence-electron chi connectivity index (χ4n) is 1.47. The number of benzene rings is 1. The number of nitrogens with zero attached hydrogens (tertiary/aromatic N) is 1. The number of carboxylic acid groups (broad SMARTS) is 1. The molecule has 0 aromatic heterocycles. The zero-order valence-electron chi connectivity index (χ0n) is 9.95. The highest BCUT2D eigenvalue weighted by atomic mass is 16.6. The van der Waals surface area contributed by atoms with Crippen molar-refractivity contribution in [2.75, 3.05) is 13.7 Å². The van der Waals surface area contributed by atoms with E-state index >= 15 is 0 Å². The van der Waals surface area contributed by atoms with Gasteiger partial charge in [0.2, 0.25) is 0 Å². The van der Waals surface area contributed by atoms with Crippen LogP contribution in [-0.2, 0) is 4.74 Å². The maximum atomic E-state index is 11.1. The van der Waals surface area contributed by atoms with E-state index < -0.39 is 28.2 Å². The predicted octanol–water partition coefficient (Wildman–Crippen LogP) is 1.71. The van der Waals surface area contributed by atoms with Gasteiger partial charge in [0.25, 0.3) is 5.69 Å². The van der Waals surface area contributed by atoms with Crippen LogP contribution in [0, 0.1) is 10.1 Å². The number of carbonyl (C=O) groups is 1. The highest BCUT2D eigenvalue weighted by molar-refractivity contribution is 5.95. The van der Waals surface area contributed by atoms with E-state index in [0.717, 1.165) is 6.07 Å². The number of nitro groups is 1. The van der Waals surface area contributed by atoms with Gasteiger partial charge in [-0.05, 0) is 13.0 Å². The molecular formula is C11H13NO6. The van der Waals surface area contributed by atoms with Crippen molar-refractivity contribution in [3.05, 3.63) is 33.9 Å². The second-order valence-electron chi connectivity index (χ2n) is 3.60. The van der Waals surface area contributed by atoms with Crippen molar-refractivity contribution in [1.29, 1.82) is 0 Å². The van der Waals surface area contributed by atoms with E-state index in [0.29, 0.717) is 0 Å². The minimum absolute atomic E-state index is 0.0405. The van der Waals surface area contributed by atoms with E-state index in [-0.39, 0.29) is 12.4 Å². The molecule has 0 aliphatic heterocycles. The fourth-order valence-corrected chi connectivity index (χ4v) is 1.47. The molecule has 0 spiro atoms. The van der Waals surface area contributed by atoms with Gasteiger partial charge in [-0.25, -0.2) is 4.79 Å². The van der Waals surface area contributed by atoms with Gasteiger partial charge in [-0.3, -0.25) is 10.1 Å². The first kappa shape index (κ1) is 13.9. The van der Waals surface area contributed by atoms with Gasteiger partial charge in [-0.2, -0.15) is 0 Å². The van der Waals surface area contributed by atoms with Crippen LogP contribution in [0.2, 0.25) is 0 Å².